The summed E-state index contributed by atoms with van der Waals surface area (Å²) < 4.78 is 31.9. The average molecular weight is 362 g/mol. The van der Waals surface area contributed by atoms with Gasteiger partial charge in [0.1, 0.15) is 0 Å². The Balaban J connectivity index is 2.06. The predicted octanol–water partition coefficient (Wildman–Crippen LogP) is 2.56. The predicted molar refractivity (Wildman–Crippen MR) is 97.2 cm³/mol. The molecule has 0 spiro atoms. The highest BCUT2D eigenvalue weighted by Gasteiger charge is 2.17. The van der Waals surface area contributed by atoms with Crippen molar-refractivity contribution in [2.75, 3.05) is 19.0 Å². The number of methoxy groups -OCH3 is 1. The van der Waals surface area contributed by atoms with Crippen LogP contribution >= 0.6 is 0 Å². The van der Waals surface area contributed by atoms with Gasteiger partial charge in [-0.1, -0.05) is 17.7 Å². The summed E-state index contributed by atoms with van der Waals surface area (Å²) in [5.41, 5.74) is 2.13. The number of carbonyl (C=O) groups is 1. The topological polar surface area (TPSA) is 84.5 Å². The van der Waals surface area contributed by atoms with Gasteiger partial charge in [-0.2, -0.15) is 0 Å². The molecule has 6 nitrogen and oxygen atoms in total. The fraction of sp³-hybridized carbons (Fsp3) is 0.278. The lowest BCUT2D eigenvalue weighted by Crippen LogP contribution is -2.35. The third-order valence-corrected chi connectivity index (χ3v) is 5.11. The summed E-state index contributed by atoms with van der Waals surface area (Å²) in [6.07, 6.45) is 0. The Morgan fingerprint density at radius 2 is 1.68 bits per heavy atom. The fourth-order valence-corrected chi connectivity index (χ4v) is 3.47. The molecule has 0 aliphatic carbocycles. The Morgan fingerprint density at radius 3 is 2.24 bits per heavy atom. The number of benzene rings is 2. The maximum Gasteiger partial charge on any atom is 0.255 e. The van der Waals surface area contributed by atoms with E-state index in [-0.39, 0.29) is 23.5 Å². The molecule has 0 aromatic heterocycles. The zero-order chi connectivity index (χ0) is 18.4. The molecule has 0 heterocycles. The number of aryl methyl sites for hydroxylation is 1. The summed E-state index contributed by atoms with van der Waals surface area (Å²) in [5.74, 6) is -0.248. The highest BCUT2D eigenvalue weighted by Crippen LogP contribution is 2.15. The molecular weight excluding hydrogens is 340 g/mol. The van der Waals surface area contributed by atoms with Crippen molar-refractivity contribution in [3.05, 3.63) is 59.7 Å². The molecule has 0 bridgehead atoms. The molecule has 134 valence electrons. The van der Waals surface area contributed by atoms with Crippen molar-refractivity contribution >= 4 is 21.6 Å². The SMILES string of the molecule is COCC(C)NS(=O)(=O)c1ccc(NC(=O)c2ccc(C)cc2)cc1. The Kier molecular flexibility index (Phi) is 6.30. The van der Waals surface area contributed by atoms with Crippen molar-refractivity contribution < 1.29 is 17.9 Å². The van der Waals surface area contributed by atoms with Gasteiger partial charge in [0.25, 0.3) is 5.91 Å². The van der Waals surface area contributed by atoms with E-state index in [1.54, 1.807) is 31.2 Å². The summed E-state index contributed by atoms with van der Waals surface area (Å²) >= 11 is 0. The van der Waals surface area contributed by atoms with Crippen LogP contribution in [0, 0.1) is 6.92 Å². The standard InChI is InChI=1S/C18H22N2O4S/c1-13-4-6-15(7-5-13)18(21)19-16-8-10-17(11-9-16)25(22,23)20-14(2)12-24-3/h4-11,14,20H,12H2,1-3H3,(H,19,21). The Morgan fingerprint density at radius 1 is 1.08 bits per heavy atom. The van der Waals surface area contributed by atoms with E-state index in [0.29, 0.717) is 11.3 Å². The van der Waals surface area contributed by atoms with Crippen LogP contribution in [0.5, 0.6) is 0 Å². The molecule has 2 rings (SSSR count). The largest absolute Gasteiger partial charge is 0.383 e. The van der Waals surface area contributed by atoms with Gasteiger partial charge in [-0.05, 0) is 50.2 Å². The second kappa shape index (κ2) is 8.24. The minimum Gasteiger partial charge on any atom is -0.383 e. The minimum absolute atomic E-state index is 0.129. The van der Waals surface area contributed by atoms with Crippen LogP contribution < -0.4 is 10.0 Å². The monoisotopic (exact) mass is 362 g/mol. The average Bonchev–Trinajstić information content (AvgIpc) is 2.55. The molecule has 7 heteroatoms. The number of amides is 1. The molecule has 0 aliphatic heterocycles. The number of ether oxygens (including phenoxy) is 1. The van der Waals surface area contributed by atoms with Crippen molar-refractivity contribution in [2.24, 2.45) is 0 Å². The number of sulfonamides is 1. The number of carbonyl (C=O) groups excluding carboxylic acids is 1. The van der Waals surface area contributed by atoms with Crippen molar-refractivity contribution in [1.29, 1.82) is 0 Å². The van der Waals surface area contributed by atoms with Crippen molar-refractivity contribution in [2.45, 2.75) is 24.8 Å². The fourth-order valence-electron chi connectivity index (χ4n) is 2.24. The van der Waals surface area contributed by atoms with Crippen molar-refractivity contribution in [3.63, 3.8) is 0 Å². The molecule has 0 fully saturated rings. The van der Waals surface area contributed by atoms with Gasteiger partial charge in [0.15, 0.2) is 0 Å². The van der Waals surface area contributed by atoms with E-state index in [9.17, 15) is 13.2 Å². The maximum absolute atomic E-state index is 12.3. The van der Waals surface area contributed by atoms with Crippen LogP contribution in [-0.4, -0.2) is 34.1 Å². The van der Waals surface area contributed by atoms with Gasteiger partial charge in [-0.15, -0.1) is 0 Å². The van der Waals surface area contributed by atoms with E-state index in [1.165, 1.54) is 19.2 Å². The molecular formula is C18H22N2O4S. The third-order valence-electron chi connectivity index (χ3n) is 3.51. The van der Waals surface area contributed by atoms with Gasteiger partial charge >= 0.3 is 0 Å². The number of anilines is 1. The minimum atomic E-state index is -3.63. The molecule has 0 aliphatic rings. The Bertz CT molecular complexity index is 815. The van der Waals surface area contributed by atoms with Crippen LogP contribution in [0.4, 0.5) is 5.69 Å². The van der Waals surface area contributed by atoms with Gasteiger partial charge in [0, 0.05) is 24.4 Å². The van der Waals surface area contributed by atoms with E-state index in [4.69, 9.17) is 4.74 Å². The number of nitrogens with one attached hydrogen (secondary N) is 2. The number of hydrogen-bond acceptors (Lipinski definition) is 4. The van der Waals surface area contributed by atoms with Crippen LogP contribution in [-0.2, 0) is 14.8 Å². The summed E-state index contributed by atoms with van der Waals surface area (Å²) in [7, 11) is -2.12. The van der Waals surface area contributed by atoms with Gasteiger partial charge in [0.05, 0.1) is 11.5 Å². The third kappa shape index (κ3) is 5.38. The zero-order valence-corrected chi connectivity index (χ0v) is 15.3. The first-order chi connectivity index (χ1) is 11.8. The lowest BCUT2D eigenvalue weighted by molar-refractivity contribution is 0.102. The van der Waals surface area contributed by atoms with Gasteiger partial charge in [-0.25, -0.2) is 13.1 Å². The molecule has 1 atom stereocenters. The highest BCUT2D eigenvalue weighted by molar-refractivity contribution is 7.89. The molecule has 2 N–H and O–H groups in total. The number of hydrogen-bond donors (Lipinski definition) is 2. The first-order valence-electron chi connectivity index (χ1n) is 7.81. The maximum atomic E-state index is 12.3. The molecule has 0 saturated heterocycles. The van der Waals surface area contributed by atoms with Crippen LogP contribution in [0.25, 0.3) is 0 Å². The van der Waals surface area contributed by atoms with E-state index >= 15 is 0 Å². The first kappa shape index (κ1) is 19.1. The first-order valence-corrected chi connectivity index (χ1v) is 9.29. The number of rotatable bonds is 7. The van der Waals surface area contributed by atoms with E-state index < -0.39 is 10.0 Å². The van der Waals surface area contributed by atoms with Crippen LogP contribution in [0.1, 0.15) is 22.8 Å². The molecule has 2 aromatic rings. The zero-order valence-electron chi connectivity index (χ0n) is 14.4. The second-order valence-electron chi connectivity index (χ2n) is 5.82. The smallest absolute Gasteiger partial charge is 0.255 e. The normalized spacial score (nSPS) is 12.6. The summed E-state index contributed by atoms with van der Waals surface area (Å²) in [6.45, 7) is 3.95. The Hall–Kier alpha value is -2.22. The quantitative estimate of drug-likeness (QED) is 0.793. The van der Waals surface area contributed by atoms with Crippen molar-refractivity contribution in [3.8, 4) is 0 Å². The molecule has 25 heavy (non-hydrogen) atoms. The van der Waals surface area contributed by atoms with E-state index in [0.717, 1.165) is 5.56 Å². The van der Waals surface area contributed by atoms with Crippen LogP contribution in [0.15, 0.2) is 53.4 Å². The molecule has 2 aromatic carbocycles. The summed E-state index contributed by atoms with van der Waals surface area (Å²) in [5, 5.41) is 2.74. The van der Waals surface area contributed by atoms with Gasteiger partial charge < -0.3 is 10.1 Å². The molecule has 1 unspecified atom stereocenters. The summed E-state index contributed by atoms with van der Waals surface area (Å²) in [6, 6.07) is 12.9. The molecule has 1 amide bonds. The van der Waals surface area contributed by atoms with Gasteiger partial charge in [0.2, 0.25) is 10.0 Å². The van der Waals surface area contributed by atoms with Gasteiger partial charge in [-0.3, -0.25) is 4.79 Å². The van der Waals surface area contributed by atoms with E-state index in [2.05, 4.69) is 10.0 Å². The van der Waals surface area contributed by atoms with Crippen LogP contribution in [0.2, 0.25) is 0 Å². The van der Waals surface area contributed by atoms with Crippen molar-refractivity contribution in [1.82, 2.24) is 4.72 Å². The van der Waals surface area contributed by atoms with Crippen LogP contribution in [0.3, 0.4) is 0 Å². The highest BCUT2D eigenvalue weighted by atomic mass is 32.2. The Labute approximate surface area is 148 Å². The lowest BCUT2D eigenvalue weighted by atomic mass is 10.1. The van der Waals surface area contributed by atoms with E-state index in [1.807, 2.05) is 19.1 Å². The second-order valence-corrected chi connectivity index (χ2v) is 7.54. The molecule has 0 saturated carbocycles. The molecule has 0 radical (unpaired) electrons. The summed E-state index contributed by atoms with van der Waals surface area (Å²) in [4.78, 5) is 12.3. The lowest BCUT2D eigenvalue weighted by Gasteiger charge is -2.13.